The van der Waals surface area contributed by atoms with Crippen LogP contribution in [0.4, 0.5) is 0 Å². The van der Waals surface area contributed by atoms with Gasteiger partial charge in [0.2, 0.25) is 5.91 Å². The standard InChI is InChI=1S/C18H22BrN3O3S/c1-2-7-22-17(24)14-9-12(19)5-6-15(14)21-18(22)26-11-16(23)20-10-13-4-3-8-25-13/h5-6,9,13H,2-4,7-8,10-11H2,1H3,(H,20,23). The van der Waals surface area contributed by atoms with E-state index in [9.17, 15) is 9.59 Å². The molecule has 1 aromatic carbocycles. The van der Waals surface area contributed by atoms with Crippen molar-refractivity contribution in [2.75, 3.05) is 18.9 Å². The van der Waals surface area contributed by atoms with E-state index in [1.807, 2.05) is 19.1 Å². The van der Waals surface area contributed by atoms with Gasteiger partial charge in [0.05, 0.1) is 22.8 Å². The molecular formula is C18H22BrN3O3S. The molecule has 1 unspecified atom stereocenters. The van der Waals surface area contributed by atoms with E-state index in [1.165, 1.54) is 11.8 Å². The quantitative estimate of drug-likeness (QED) is 0.530. The molecule has 0 saturated carbocycles. The van der Waals surface area contributed by atoms with Gasteiger partial charge in [-0.1, -0.05) is 34.6 Å². The highest BCUT2D eigenvalue weighted by Gasteiger charge is 2.17. The Morgan fingerprint density at radius 1 is 1.50 bits per heavy atom. The molecule has 0 radical (unpaired) electrons. The summed E-state index contributed by atoms with van der Waals surface area (Å²) in [6.45, 7) is 3.91. The van der Waals surface area contributed by atoms with Gasteiger partial charge in [-0.05, 0) is 37.5 Å². The maximum atomic E-state index is 12.8. The van der Waals surface area contributed by atoms with Crippen molar-refractivity contribution in [1.29, 1.82) is 0 Å². The second-order valence-electron chi connectivity index (χ2n) is 6.24. The Hall–Kier alpha value is -1.38. The minimum absolute atomic E-state index is 0.0691. The number of halogens is 1. The third-order valence-electron chi connectivity index (χ3n) is 4.21. The second kappa shape index (κ2) is 9.01. The summed E-state index contributed by atoms with van der Waals surface area (Å²) >= 11 is 4.70. The molecule has 1 aliphatic heterocycles. The van der Waals surface area contributed by atoms with Gasteiger partial charge < -0.3 is 10.1 Å². The molecule has 8 heteroatoms. The van der Waals surface area contributed by atoms with E-state index in [4.69, 9.17) is 4.74 Å². The van der Waals surface area contributed by atoms with Crippen molar-refractivity contribution in [3.63, 3.8) is 0 Å². The molecule has 3 rings (SSSR count). The Labute approximate surface area is 164 Å². The first kappa shape index (κ1) is 19.4. The average molecular weight is 440 g/mol. The van der Waals surface area contributed by atoms with Crippen LogP contribution in [0.3, 0.4) is 0 Å². The summed E-state index contributed by atoms with van der Waals surface area (Å²) in [6, 6.07) is 5.47. The molecule has 2 aromatic rings. The van der Waals surface area contributed by atoms with Crippen LogP contribution in [-0.2, 0) is 16.1 Å². The lowest BCUT2D eigenvalue weighted by molar-refractivity contribution is -0.119. The van der Waals surface area contributed by atoms with E-state index in [0.717, 1.165) is 30.3 Å². The van der Waals surface area contributed by atoms with Crippen LogP contribution in [0.25, 0.3) is 10.9 Å². The van der Waals surface area contributed by atoms with Crippen molar-refractivity contribution in [3.8, 4) is 0 Å². The number of hydrogen-bond acceptors (Lipinski definition) is 5. The fourth-order valence-electron chi connectivity index (χ4n) is 2.92. The molecule has 140 valence electrons. The SMILES string of the molecule is CCCn1c(SCC(=O)NCC2CCCO2)nc2ccc(Br)cc2c1=O. The molecule has 26 heavy (non-hydrogen) atoms. The fourth-order valence-corrected chi connectivity index (χ4v) is 4.13. The minimum Gasteiger partial charge on any atom is -0.376 e. The van der Waals surface area contributed by atoms with Crippen LogP contribution >= 0.6 is 27.7 Å². The van der Waals surface area contributed by atoms with Gasteiger partial charge in [0, 0.05) is 24.2 Å². The number of thioether (sulfide) groups is 1. The van der Waals surface area contributed by atoms with Crippen LogP contribution in [0, 0.1) is 0 Å². The summed E-state index contributed by atoms with van der Waals surface area (Å²) in [6.07, 6.45) is 2.99. The number of carbonyl (C=O) groups excluding carboxylic acids is 1. The normalized spacial score (nSPS) is 16.9. The largest absolute Gasteiger partial charge is 0.376 e. The van der Waals surface area contributed by atoms with Crippen LogP contribution in [0.1, 0.15) is 26.2 Å². The van der Waals surface area contributed by atoms with E-state index >= 15 is 0 Å². The third-order valence-corrected chi connectivity index (χ3v) is 5.68. The molecule has 1 N–H and O–H groups in total. The van der Waals surface area contributed by atoms with E-state index in [0.29, 0.717) is 29.1 Å². The van der Waals surface area contributed by atoms with Crippen LogP contribution in [0.15, 0.2) is 32.6 Å². The third kappa shape index (κ3) is 4.66. The molecule has 1 fully saturated rings. The molecule has 1 aliphatic rings. The highest BCUT2D eigenvalue weighted by Crippen LogP contribution is 2.21. The first-order chi connectivity index (χ1) is 12.6. The Bertz CT molecular complexity index is 849. The lowest BCUT2D eigenvalue weighted by Crippen LogP contribution is -2.33. The van der Waals surface area contributed by atoms with Crippen molar-refractivity contribution in [2.24, 2.45) is 0 Å². The van der Waals surface area contributed by atoms with Crippen molar-refractivity contribution >= 4 is 44.5 Å². The van der Waals surface area contributed by atoms with Crippen LogP contribution < -0.4 is 10.9 Å². The highest BCUT2D eigenvalue weighted by molar-refractivity contribution is 9.10. The smallest absolute Gasteiger partial charge is 0.262 e. The summed E-state index contributed by atoms with van der Waals surface area (Å²) < 4.78 is 8.02. The van der Waals surface area contributed by atoms with Crippen molar-refractivity contribution in [1.82, 2.24) is 14.9 Å². The van der Waals surface area contributed by atoms with Gasteiger partial charge in [-0.2, -0.15) is 0 Å². The van der Waals surface area contributed by atoms with Gasteiger partial charge in [0.1, 0.15) is 0 Å². The zero-order valence-corrected chi connectivity index (χ0v) is 17.1. The van der Waals surface area contributed by atoms with E-state index in [2.05, 4.69) is 26.2 Å². The molecule has 1 atom stereocenters. The highest BCUT2D eigenvalue weighted by atomic mass is 79.9. The Balaban J connectivity index is 1.73. The summed E-state index contributed by atoms with van der Waals surface area (Å²) in [5, 5.41) is 4.07. The fraction of sp³-hybridized carbons (Fsp3) is 0.500. The molecule has 1 saturated heterocycles. The minimum atomic E-state index is -0.0706. The molecule has 1 amide bonds. The molecule has 0 bridgehead atoms. The Morgan fingerprint density at radius 3 is 3.08 bits per heavy atom. The summed E-state index contributed by atoms with van der Waals surface area (Å²) in [7, 11) is 0. The molecule has 2 heterocycles. The van der Waals surface area contributed by atoms with Gasteiger partial charge in [-0.25, -0.2) is 4.98 Å². The van der Waals surface area contributed by atoms with Crippen LogP contribution in [0.5, 0.6) is 0 Å². The zero-order valence-electron chi connectivity index (χ0n) is 14.7. The summed E-state index contributed by atoms with van der Waals surface area (Å²) in [5.74, 6) is 0.156. The van der Waals surface area contributed by atoms with Gasteiger partial charge in [-0.3, -0.25) is 14.2 Å². The topological polar surface area (TPSA) is 73.2 Å². The number of nitrogens with zero attached hydrogens (tertiary/aromatic N) is 2. The Morgan fingerprint density at radius 2 is 2.35 bits per heavy atom. The van der Waals surface area contributed by atoms with E-state index in [-0.39, 0.29) is 23.3 Å². The number of rotatable bonds is 7. The van der Waals surface area contributed by atoms with Gasteiger partial charge in [-0.15, -0.1) is 0 Å². The first-order valence-electron chi connectivity index (χ1n) is 8.79. The molecule has 1 aromatic heterocycles. The maximum absolute atomic E-state index is 12.8. The van der Waals surface area contributed by atoms with Crippen LogP contribution in [0.2, 0.25) is 0 Å². The number of nitrogens with one attached hydrogen (secondary N) is 1. The number of hydrogen-bond donors (Lipinski definition) is 1. The zero-order chi connectivity index (χ0) is 18.5. The predicted octanol–water partition coefficient (Wildman–Crippen LogP) is 2.96. The second-order valence-corrected chi connectivity index (χ2v) is 8.10. The van der Waals surface area contributed by atoms with E-state index < -0.39 is 0 Å². The molecule has 6 nitrogen and oxygen atoms in total. The van der Waals surface area contributed by atoms with Gasteiger partial charge >= 0.3 is 0 Å². The van der Waals surface area contributed by atoms with Crippen molar-refractivity contribution in [3.05, 3.63) is 33.0 Å². The maximum Gasteiger partial charge on any atom is 0.262 e. The number of fused-ring (bicyclic) bond motifs is 1. The molecule has 0 spiro atoms. The average Bonchev–Trinajstić information content (AvgIpc) is 3.15. The van der Waals surface area contributed by atoms with E-state index in [1.54, 1.807) is 10.6 Å². The lowest BCUT2D eigenvalue weighted by atomic mass is 10.2. The van der Waals surface area contributed by atoms with Crippen molar-refractivity contribution in [2.45, 2.75) is 44.0 Å². The molecule has 0 aliphatic carbocycles. The lowest BCUT2D eigenvalue weighted by Gasteiger charge is -2.13. The monoisotopic (exact) mass is 439 g/mol. The van der Waals surface area contributed by atoms with Gasteiger partial charge in [0.15, 0.2) is 5.16 Å². The number of ether oxygens (including phenoxy) is 1. The summed E-state index contributed by atoms with van der Waals surface area (Å²) in [5.41, 5.74) is 0.577. The number of benzene rings is 1. The summed E-state index contributed by atoms with van der Waals surface area (Å²) in [4.78, 5) is 29.5. The Kier molecular flexibility index (Phi) is 6.72. The van der Waals surface area contributed by atoms with Crippen molar-refractivity contribution < 1.29 is 9.53 Å². The van der Waals surface area contributed by atoms with Crippen LogP contribution in [-0.4, -0.2) is 40.5 Å². The number of carbonyl (C=O) groups is 1. The van der Waals surface area contributed by atoms with Gasteiger partial charge in [0.25, 0.3) is 5.56 Å². The first-order valence-corrected chi connectivity index (χ1v) is 10.6. The molecular weight excluding hydrogens is 418 g/mol. The number of aromatic nitrogens is 2. The number of amides is 1. The predicted molar refractivity (Wildman–Crippen MR) is 107 cm³/mol.